The fourth-order valence-corrected chi connectivity index (χ4v) is 2.94. The van der Waals surface area contributed by atoms with Crippen LogP contribution in [0.15, 0.2) is 28.7 Å². The van der Waals surface area contributed by atoms with E-state index in [9.17, 15) is 0 Å². The first-order valence-corrected chi connectivity index (χ1v) is 8.23. The zero-order chi connectivity index (χ0) is 15.4. The highest BCUT2D eigenvalue weighted by Gasteiger charge is 2.14. The van der Waals surface area contributed by atoms with E-state index in [1.54, 1.807) is 0 Å². The van der Waals surface area contributed by atoms with E-state index < -0.39 is 0 Å². The van der Waals surface area contributed by atoms with Crippen LogP contribution in [0.25, 0.3) is 0 Å². The monoisotopic (exact) mass is 367 g/mol. The van der Waals surface area contributed by atoms with Gasteiger partial charge in [0.2, 0.25) is 0 Å². The van der Waals surface area contributed by atoms with Gasteiger partial charge >= 0.3 is 0 Å². The molecular weight excluding hydrogens is 350 g/mol. The SMILES string of the molecule is CCNc1nc(Cc2ccc(Cl)cc2)nc(C(C)C)c1Br. The summed E-state index contributed by atoms with van der Waals surface area (Å²) in [4.78, 5) is 9.32. The molecule has 0 spiro atoms. The maximum atomic E-state index is 5.92. The lowest BCUT2D eigenvalue weighted by atomic mass is 10.1. The van der Waals surface area contributed by atoms with Crippen molar-refractivity contribution in [2.45, 2.75) is 33.1 Å². The van der Waals surface area contributed by atoms with Gasteiger partial charge in [0.1, 0.15) is 11.6 Å². The predicted octanol–water partition coefficient (Wildman–Crippen LogP) is 5.04. The molecule has 0 atom stereocenters. The van der Waals surface area contributed by atoms with E-state index in [1.165, 1.54) is 0 Å². The molecule has 2 rings (SSSR count). The molecular formula is C16H19BrClN3. The lowest BCUT2D eigenvalue weighted by molar-refractivity contribution is 0.784. The minimum absolute atomic E-state index is 0.337. The van der Waals surface area contributed by atoms with Crippen LogP contribution in [0, 0.1) is 0 Å². The molecule has 1 aromatic heterocycles. The van der Waals surface area contributed by atoms with E-state index in [0.717, 1.165) is 38.9 Å². The zero-order valence-corrected chi connectivity index (χ0v) is 14.8. The third-order valence-corrected chi connectivity index (χ3v) is 4.12. The summed E-state index contributed by atoms with van der Waals surface area (Å²) in [7, 11) is 0. The fourth-order valence-electron chi connectivity index (χ4n) is 2.04. The topological polar surface area (TPSA) is 37.8 Å². The van der Waals surface area contributed by atoms with Gasteiger partial charge in [0, 0.05) is 18.0 Å². The molecule has 5 heteroatoms. The molecule has 0 aliphatic rings. The Morgan fingerprint density at radius 2 is 1.86 bits per heavy atom. The average molecular weight is 369 g/mol. The van der Waals surface area contributed by atoms with E-state index in [0.29, 0.717) is 12.3 Å². The van der Waals surface area contributed by atoms with Crippen LogP contribution in [0.2, 0.25) is 5.02 Å². The highest BCUT2D eigenvalue weighted by Crippen LogP contribution is 2.29. The first-order chi connectivity index (χ1) is 10.0. The second kappa shape index (κ2) is 7.23. The molecule has 21 heavy (non-hydrogen) atoms. The van der Waals surface area contributed by atoms with Gasteiger partial charge in [-0.25, -0.2) is 9.97 Å². The van der Waals surface area contributed by atoms with Crippen LogP contribution in [-0.4, -0.2) is 16.5 Å². The Labute approximate surface area is 139 Å². The van der Waals surface area contributed by atoms with Crippen molar-refractivity contribution in [3.63, 3.8) is 0 Å². The quantitative estimate of drug-likeness (QED) is 0.803. The molecule has 0 amide bonds. The molecule has 0 aliphatic heterocycles. The summed E-state index contributed by atoms with van der Waals surface area (Å²) in [5.41, 5.74) is 2.18. The summed E-state index contributed by atoms with van der Waals surface area (Å²) in [5, 5.41) is 4.03. The summed E-state index contributed by atoms with van der Waals surface area (Å²) in [5.74, 6) is 2.02. The van der Waals surface area contributed by atoms with Gasteiger partial charge in [0.25, 0.3) is 0 Å². The van der Waals surface area contributed by atoms with Crippen molar-refractivity contribution in [3.8, 4) is 0 Å². The molecule has 0 saturated carbocycles. The second-order valence-electron chi connectivity index (χ2n) is 5.18. The molecule has 2 aromatic rings. The van der Waals surface area contributed by atoms with Crippen molar-refractivity contribution in [3.05, 3.63) is 50.8 Å². The first-order valence-electron chi connectivity index (χ1n) is 7.05. The molecule has 1 heterocycles. The number of halogens is 2. The summed E-state index contributed by atoms with van der Waals surface area (Å²) in [6, 6.07) is 7.81. The minimum atomic E-state index is 0.337. The number of benzene rings is 1. The predicted molar refractivity (Wildman–Crippen MR) is 92.2 cm³/mol. The van der Waals surface area contributed by atoms with Crippen molar-refractivity contribution < 1.29 is 0 Å². The number of nitrogens with zero attached hydrogens (tertiary/aromatic N) is 2. The molecule has 0 unspecified atom stereocenters. The third-order valence-electron chi connectivity index (χ3n) is 3.09. The molecule has 1 N–H and O–H groups in total. The Morgan fingerprint density at radius 1 is 1.19 bits per heavy atom. The second-order valence-corrected chi connectivity index (χ2v) is 6.41. The summed E-state index contributed by atoms with van der Waals surface area (Å²) in [6.07, 6.45) is 0.697. The van der Waals surface area contributed by atoms with Crippen molar-refractivity contribution in [2.75, 3.05) is 11.9 Å². The fraction of sp³-hybridized carbons (Fsp3) is 0.375. The van der Waals surface area contributed by atoms with Gasteiger partial charge < -0.3 is 5.32 Å². The number of hydrogen-bond acceptors (Lipinski definition) is 3. The van der Waals surface area contributed by atoms with Crippen LogP contribution >= 0.6 is 27.5 Å². The third kappa shape index (κ3) is 4.17. The molecule has 112 valence electrons. The van der Waals surface area contributed by atoms with Crippen LogP contribution in [-0.2, 0) is 6.42 Å². The van der Waals surface area contributed by atoms with Crippen LogP contribution < -0.4 is 5.32 Å². The number of anilines is 1. The maximum absolute atomic E-state index is 5.92. The van der Waals surface area contributed by atoms with Crippen LogP contribution in [0.5, 0.6) is 0 Å². The maximum Gasteiger partial charge on any atom is 0.144 e. The lowest BCUT2D eigenvalue weighted by Crippen LogP contribution is -2.09. The Kier molecular flexibility index (Phi) is 5.59. The number of rotatable bonds is 5. The van der Waals surface area contributed by atoms with Gasteiger partial charge in [-0.05, 0) is 46.5 Å². The number of nitrogens with one attached hydrogen (secondary N) is 1. The van der Waals surface area contributed by atoms with E-state index in [4.69, 9.17) is 16.6 Å². The molecule has 0 fully saturated rings. The van der Waals surface area contributed by atoms with Crippen molar-refractivity contribution in [1.82, 2.24) is 9.97 Å². The number of aromatic nitrogens is 2. The first kappa shape index (κ1) is 16.2. The zero-order valence-electron chi connectivity index (χ0n) is 12.5. The van der Waals surface area contributed by atoms with E-state index in [2.05, 4.69) is 47.0 Å². The number of hydrogen-bond donors (Lipinski definition) is 1. The summed E-state index contributed by atoms with van der Waals surface area (Å²) < 4.78 is 0.958. The van der Waals surface area contributed by atoms with Gasteiger partial charge in [-0.1, -0.05) is 37.6 Å². The summed E-state index contributed by atoms with van der Waals surface area (Å²) in [6.45, 7) is 7.15. The van der Waals surface area contributed by atoms with Gasteiger partial charge in [0.15, 0.2) is 0 Å². The van der Waals surface area contributed by atoms with Gasteiger partial charge in [0.05, 0.1) is 10.2 Å². The van der Waals surface area contributed by atoms with Crippen LogP contribution in [0.4, 0.5) is 5.82 Å². The smallest absolute Gasteiger partial charge is 0.144 e. The lowest BCUT2D eigenvalue weighted by Gasteiger charge is -2.14. The van der Waals surface area contributed by atoms with Crippen molar-refractivity contribution >= 4 is 33.3 Å². The van der Waals surface area contributed by atoms with Crippen LogP contribution in [0.1, 0.15) is 43.8 Å². The van der Waals surface area contributed by atoms with Crippen molar-refractivity contribution in [1.29, 1.82) is 0 Å². The highest BCUT2D eigenvalue weighted by molar-refractivity contribution is 9.10. The minimum Gasteiger partial charge on any atom is -0.369 e. The Balaban J connectivity index is 2.36. The Hall–Kier alpha value is -1.13. The van der Waals surface area contributed by atoms with E-state index in [1.807, 2.05) is 24.3 Å². The van der Waals surface area contributed by atoms with Gasteiger partial charge in [-0.15, -0.1) is 0 Å². The molecule has 3 nitrogen and oxygen atoms in total. The van der Waals surface area contributed by atoms with Crippen molar-refractivity contribution in [2.24, 2.45) is 0 Å². The Bertz CT molecular complexity index is 612. The van der Waals surface area contributed by atoms with E-state index >= 15 is 0 Å². The van der Waals surface area contributed by atoms with Crippen LogP contribution in [0.3, 0.4) is 0 Å². The highest BCUT2D eigenvalue weighted by atomic mass is 79.9. The molecule has 1 aromatic carbocycles. The summed E-state index contributed by atoms with van der Waals surface area (Å²) >= 11 is 9.53. The van der Waals surface area contributed by atoms with E-state index in [-0.39, 0.29) is 0 Å². The Morgan fingerprint density at radius 3 is 2.43 bits per heavy atom. The average Bonchev–Trinajstić information content (AvgIpc) is 2.44. The molecule has 0 aliphatic carbocycles. The van der Waals surface area contributed by atoms with Gasteiger partial charge in [-0.3, -0.25) is 0 Å². The largest absolute Gasteiger partial charge is 0.369 e. The molecule has 0 saturated heterocycles. The standard InChI is InChI=1S/C16H19BrClN3/c1-4-19-16-14(17)15(10(2)3)20-13(21-16)9-11-5-7-12(18)8-6-11/h5-8,10H,4,9H2,1-3H3,(H,19,20,21). The van der Waals surface area contributed by atoms with Gasteiger partial charge in [-0.2, -0.15) is 0 Å². The molecule has 0 bridgehead atoms. The molecule has 0 radical (unpaired) electrons. The normalized spacial score (nSPS) is 11.0.